The zero-order valence-corrected chi connectivity index (χ0v) is 14.9. The van der Waals surface area contributed by atoms with Crippen LogP contribution in [0, 0.1) is 17.0 Å². The van der Waals surface area contributed by atoms with E-state index in [1.807, 2.05) is 24.3 Å². The van der Waals surface area contributed by atoms with Gasteiger partial charge in [0.05, 0.1) is 4.92 Å². The Morgan fingerprint density at radius 1 is 1.08 bits per heavy atom. The molecule has 3 rings (SSSR count). The van der Waals surface area contributed by atoms with E-state index < -0.39 is 4.92 Å². The Balaban J connectivity index is 1.68. The molecule has 0 aliphatic carbocycles. The van der Waals surface area contributed by atoms with Gasteiger partial charge in [-0.3, -0.25) is 14.9 Å². The summed E-state index contributed by atoms with van der Waals surface area (Å²) in [7, 11) is 2.12. The number of nitrogens with one attached hydrogen (secondary N) is 1. The number of aryl methyl sites for hydroxylation is 1. The second-order valence-electron chi connectivity index (χ2n) is 6.55. The molecule has 2 aromatic carbocycles. The monoisotopic (exact) mass is 354 g/mol. The Morgan fingerprint density at radius 2 is 1.73 bits per heavy atom. The summed E-state index contributed by atoms with van der Waals surface area (Å²) < 4.78 is 0. The van der Waals surface area contributed by atoms with Crippen molar-refractivity contribution in [3.63, 3.8) is 0 Å². The highest BCUT2D eigenvalue weighted by Crippen LogP contribution is 2.22. The van der Waals surface area contributed by atoms with E-state index in [2.05, 4.69) is 22.2 Å². The predicted molar refractivity (Wildman–Crippen MR) is 102 cm³/mol. The Kier molecular flexibility index (Phi) is 5.18. The van der Waals surface area contributed by atoms with E-state index in [1.165, 1.54) is 6.07 Å². The Bertz CT molecular complexity index is 812. The van der Waals surface area contributed by atoms with E-state index in [1.54, 1.807) is 19.1 Å². The molecule has 2 aromatic rings. The summed E-state index contributed by atoms with van der Waals surface area (Å²) in [5.74, 6) is -0.361. The summed E-state index contributed by atoms with van der Waals surface area (Å²) in [6.45, 7) is 5.68. The maximum Gasteiger partial charge on any atom is 0.273 e. The van der Waals surface area contributed by atoms with Crippen molar-refractivity contribution in [2.75, 3.05) is 43.4 Å². The summed E-state index contributed by atoms with van der Waals surface area (Å²) in [5.41, 5.74) is 2.54. The number of nitro benzene ring substituents is 1. The number of hydrogen-bond donors (Lipinski definition) is 1. The van der Waals surface area contributed by atoms with Crippen LogP contribution in [0.4, 0.5) is 17.1 Å². The van der Waals surface area contributed by atoms with Crippen LogP contribution in [0.25, 0.3) is 0 Å². The van der Waals surface area contributed by atoms with Crippen molar-refractivity contribution in [2.45, 2.75) is 6.92 Å². The van der Waals surface area contributed by atoms with Gasteiger partial charge in [0.25, 0.3) is 11.6 Å². The molecule has 7 nitrogen and oxygen atoms in total. The van der Waals surface area contributed by atoms with Gasteiger partial charge in [0.2, 0.25) is 0 Å². The minimum atomic E-state index is -0.475. The number of likely N-dealkylation sites (N-methyl/N-ethyl adjacent to an activating group) is 1. The van der Waals surface area contributed by atoms with Gasteiger partial charge in [-0.25, -0.2) is 0 Å². The summed E-state index contributed by atoms with van der Waals surface area (Å²) >= 11 is 0. The van der Waals surface area contributed by atoms with Gasteiger partial charge in [0, 0.05) is 54.7 Å². The van der Waals surface area contributed by atoms with Gasteiger partial charge in [0.15, 0.2) is 0 Å². The topological polar surface area (TPSA) is 78.7 Å². The van der Waals surface area contributed by atoms with Gasteiger partial charge >= 0.3 is 0 Å². The molecule has 136 valence electrons. The third-order valence-corrected chi connectivity index (χ3v) is 4.66. The molecular formula is C19H22N4O3. The average Bonchev–Trinajstić information content (AvgIpc) is 2.63. The summed E-state index contributed by atoms with van der Waals surface area (Å²) in [5, 5.41) is 13.8. The van der Waals surface area contributed by atoms with Gasteiger partial charge < -0.3 is 15.1 Å². The fraction of sp³-hybridized carbons (Fsp3) is 0.316. The molecule has 1 aliphatic heterocycles. The van der Waals surface area contributed by atoms with Gasteiger partial charge in [-0.1, -0.05) is 6.07 Å². The van der Waals surface area contributed by atoms with Crippen molar-refractivity contribution in [3.05, 3.63) is 63.7 Å². The van der Waals surface area contributed by atoms with Crippen LogP contribution < -0.4 is 10.2 Å². The first-order valence-electron chi connectivity index (χ1n) is 8.54. The summed E-state index contributed by atoms with van der Waals surface area (Å²) in [6, 6.07) is 12.2. The fourth-order valence-corrected chi connectivity index (χ4v) is 2.97. The Labute approximate surface area is 152 Å². The van der Waals surface area contributed by atoms with E-state index >= 15 is 0 Å². The van der Waals surface area contributed by atoms with Gasteiger partial charge in [-0.15, -0.1) is 0 Å². The largest absolute Gasteiger partial charge is 0.369 e. The van der Waals surface area contributed by atoms with Gasteiger partial charge in [-0.05, 0) is 44.3 Å². The molecule has 0 atom stereocenters. The smallest absolute Gasteiger partial charge is 0.273 e. The van der Waals surface area contributed by atoms with Crippen molar-refractivity contribution in [2.24, 2.45) is 0 Å². The lowest BCUT2D eigenvalue weighted by molar-refractivity contribution is -0.385. The first-order chi connectivity index (χ1) is 12.4. The second kappa shape index (κ2) is 7.53. The third kappa shape index (κ3) is 4.00. The number of hydrogen-bond acceptors (Lipinski definition) is 5. The molecule has 0 bridgehead atoms. The lowest BCUT2D eigenvalue weighted by atomic mass is 10.1. The van der Waals surface area contributed by atoms with E-state index in [-0.39, 0.29) is 17.2 Å². The lowest BCUT2D eigenvalue weighted by Crippen LogP contribution is -2.44. The SMILES string of the molecule is Cc1ccc(C(=O)Nc2ccc(N3CCN(C)CC3)cc2)cc1[N+](=O)[O-]. The average molecular weight is 354 g/mol. The van der Waals surface area contributed by atoms with Crippen LogP contribution in [0.15, 0.2) is 42.5 Å². The highest BCUT2D eigenvalue weighted by atomic mass is 16.6. The standard InChI is InChI=1S/C19H22N4O3/c1-14-3-4-15(13-18(14)23(25)26)19(24)20-16-5-7-17(8-6-16)22-11-9-21(2)10-12-22/h3-8,13H,9-12H2,1-2H3,(H,20,24). The molecule has 0 aromatic heterocycles. The predicted octanol–water partition coefficient (Wildman–Crippen LogP) is 2.91. The number of rotatable bonds is 4. The van der Waals surface area contributed by atoms with Crippen molar-refractivity contribution >= 4 is 23.0 Å². The summed E-state index contributed by atoms with van der Waals surface area (Å²) in [4.78, 5) is 27.5. The van der Waals surface area contributed by atoms with Crippen molar-refractivity contribution in [1.82, 2.24) is 4.90 Å². The number of carbonyl (C=O) groups excluding carboxylic acids is 1. The zero-order valence-electron chi connectivity index (χ0n) is 14.9. The number of amides is 1. The quantitative estimate of drug-likeness (QED) is 0.675. The first kappa shape index (κ1) is 17.9. The molecule has 0 spiro atoms. The van der Waals surface area contributed by atoms with Gasteiger partial charge in [0.1, 0.15) is 0 Å². The van der Waals surface area contributed by atoms with E-state index in [9.17, 15) is 14.9 Å². The van der Waals surface area contributed by atoms with Crippen LogP contribution in [0.3, 0.4) is 0 Å². The lowest BCUT2D eigenvalue weighted by Gasteiger charge is -2.34. The van der Waals surface area contributed by atoms with E-state index in [0.29, 0.717) is 11.3 Å². The molecule has 26 heavy (non-hydrogen) atoms. The molecule has 0 unspecified atom stereocenters. The molecule has 1 heterocycles. The normalized spacial score (nSPS) is 14.9. The molecule has 1 N–H and O–H groups in total. The zero-order chi connectivity index (χ0) is 18.7. The first-order valence-corrected chi connectivity index (χ1v) is 8.54. The number of nitro groups is 1. The van der Waals surface area contributed by atoms with E-state index in [4.69, 9.17) is 0 Å². The molecule has 1 amide bonds. The van der Waals surface area contributed by atoms with Crippen molar-refractivity contribution < 1.29 is 9.72 Å². The van der Waals surface area contributed by atoms with Crippen LogP contribution in [-0.4, -0.2) is 49.0 Å². The molecule has 1 aliphatic rings. The molecule has 1 fully saturated rings. The van der Waals surface area contributed by atoms with Crippen LogP contribution >= 0.6 is 0 Å². The van der Waals surface area contributed by atoms with Crippen LogP contribution in [0.1, 0.15) is 15.9 Å². The molecular weight excluding hydrogens is 332 g/mol. The maximum absolute atomic E-state index is 12.4. The Morgan fingerprint density at radius 3 is 2.35 bits per heavy atom. The molecule has 7 heteroatoms. The number of anilines is 2. The molecule has 0 radical (unpaired) electrons. The maximum atomic E-state index is 12.4. The van der Waals surface area contributed by atoms with Crippen LogP contribution in [0.5, 0.6) is 0 Å². The number of carbonyl (C=O) groups is 1. The third-order valence-electron chi connectivity index (χ3n) is 4.66. The highest BCUT2D eigenvalue weighted by molar-refractivity contribution is 6.04. The van der Waals surface area contributed by atoms with Crippen LogP contribution in [0.2, 0.25) is 0 Å². The molecule has 1 saturated heterocycles. The molecule has 0 saturated carbocycles. The number of benzene rings is 2. The minimum absolute atomic E-state index is 0.0527. The van der Waals surface area contributed by atoms with Crippen molar-refractivity contribution in [3.8, 4) is 0 Å². The second-order valence-corrected chi connectivity index (χ2v) is 6.55. The van der Waals surface area contributed by atoms with E-state index in [0.717, 1.165) is 31.9 Å². The Hall–Kier alpha value is -2.93. The van der Waals surface area contributed by atoms with Crippen LogP contribution in [-0.2, 0) is 0 Å². The highest BCUT2D eigenvalue weighted by Gasteiger charge is 2.16. The summed E-state index contributed by atoms with van der Waals surface area (Å²) in [6.07, 6.45) is 0. The van der Waals surface area contributed by atoms with Gasteiger partial charge in [-0.2, -0.15) is 0 Å². The number of nitrogens with zero attached hydrogens (tertiary/aromatic N) is 3. The van der Waals surface area contributed by atoms with Crippen molar-refractivity contribution in [1.29, 1.82) is 0 Å². The minimum Gasteiger partial charge on any atom is -0.369 e. The number of piperazine rings is 1. The fourth-order valence-electron chi connectivity index (χ4n) is 2.97.